The van der Waals surface area contributed by atoms with Gasteiger partial charge in [0.05, 0.1) is 17.2 Å². The zero-order valence-electron chi connectivity index (χ0n) is 25.2. The molecule has 5 rings (SSSR count). The Labute approximate surface area is 257 Å². The van der Waals surface area contributed by atoms with Gasteiger partial charge in [-0.05, 0) is 129 Å². The van der Waals surface area contributed by atoms with Crippen molar-refractivity contribution in [3.63, 3.8) is 0 Å². The largest absolute Gasteiger partial charge is 0.386 e. The summed E-state index contributed by atoms with van der Waals surface area (Å²) in [6.45, 7) is 2.08. The summed E-state index contributed by atoms with van der Waals surface area (Å²) in [5, 5.41) is 8.94. The number of ether oxygens (including phenoxy) is 1. The van der Waals surface area contributed by atoms with E-state index in [1.54, 1.807) is 30.3 Å². The summed E-state index contributed by atoms with van der Waals surface area (Å²) in [6, 6.07) is 15.0. The van der Waals surface area contributed by atoms with Crippen molar-refractivity contribution in [3.8, 4) is 17.2 Å². The molecule has 2 fully saturated rings. The van der Waals surface area contributed by atoms with E-state index in [4.69, 9.17) is 10.00 Å². The fraction of sp³-hybridized carbons (Fsp3) is 0.486. The van der Waals surface area contributed by atoms with Gasteiger partial charge in [-0.1, -0.05) is 44.0 Å². The average molecular weight is 610 g/mol. The highest BCUT2D eigenvalue weighted by Gasteiger charge is 2.40. The number of benzene rings is 3. The van der Waals surface area contributed by atoms with Crippen molar-refractivity contribution >= 4 is 0 Å². The summed E-state index contributed by atoms with van der Waals surface area (Å²) in [5.41, 5.74) is 1.60. The average Bonchev–Trinajstić information content (AvgIpc) is 3.01. The number of alkyl halides is 2. The number of hydrogen-bond acceptors (Lipinski definition) is 2. The Morgan fingerprint density at radius 3 is 2.09 bits per heavy atom. The van der Waals surface area contributed by atoms with Crippen molar-refractivity contribution in [3.05, 3.63) is 94.3 Å². The minimum atomic E-state index is -3.67. The zero-order chi connectivity index (χ0) is 31.3. The molecule has 44 heavy (non-hydrogen) atoms. The minimum Gasteiger partial charge on any atom is -0.313 e. The SMILES string of the molecule is CCCCCc1ccc(C(F)(F)OC2CCC(C3CCC(c4ccc(-c5ccc(C#N)c(F)c5)c(F)c4)CC3)CC2)c(F)c1. The van der Waals surface area contributed by atoms with Crippen LogP contribution in [-0.4, -0.2) is 6.10 Å². The first-order chi connectivity index (χ1) is 21.2. The number of halogens is 5. The van der Waals surface area contributed by atoms with E-state index in [1.165, 1.54) is 24.3 Å². The third-order valence-electron chi connectivity index (χ3n) is 9.75. The normalized spacial score (nSPS) is 22.5. The van der Waals surface area contributed by atoms with Crippen LogP contribution in [0.1, 0.15) is 106 Å². The lowest BCUT2D eigenvalue weighted by Crippen LogP contribution is -2.32. The summed E-state index contributed by atoms with van der Waals surface area (Å²) in [6.07, 6.45) is 5.89. The van der Waals surface area contributed by atoms with Gasteiger partial charge >= 0.3 is 6.11 Å². The second-order valence-electron chi connectivity index (χ2n) is 12.6. The Balaban J connectivity index is 1.11. The Kier molecular flexibility index (Phi) is 10.4. The van der Waals surface area contributed by atoms with E-state index in [-0.39, 0.29) is 11.5 Å². The number of hydrogen-bond donors (Lipinski definition) is 0. The van der Waals surface area contributed by atoms with E-state index in [9.17, 15) is 17.6 Å². The van der Waals surface area contributed by atoms with Crippen LogP contribution in [0.4, 0.5) is 22.0 Å². The molecule has 0 N–H and O–H groups in total. The first-order valence-corrected chi connectivity index (χ1v) is 16.0. The third-order valence-corrected chi connectivity index (χ3v) is 9.75. The van der Waals surface area contributed by atoms with Gasteiger partial charge < -0.3 is 4.74 Å². The summed E-state index contributed by atoms with van der Waals surface area (Å²) >= 11 is 0. The van der Waals surface area contributed by atoms with Gasteiger partial charge in [0, 0.05) is 5.56 Å². The van der Waals surface area contributed by atoms with Gasteiger partial charge in [0.1, 0.15) is 23.5 Å². The molecule has 3 aromatic carbocycles. The summed E-state index contributed by atoms with van der Waals surface area (Å²) in [7, 11) is 0. The van der Waals surface area contributed by atoms with Gasteiger partial charge in [-0.15, -0.1) is 0 Å². The van der Waals surface area contributed by atoms with Crippen LogP contribution in [0.3, 0.4) is 0 Å². The van der Waals surface area contributed by atoms with Gasteiger partial charge in [-0.25, -0.2) is 13.2 Å². The second kappa shape index (κ2) is 14.2. The summed E-state index contributed by atoms with van der Waals surface area (Å²) in [4.78, 5) is 0. The van der Waals surface area contributed by atoms with Crippen molar-refractivity contribution in [2.75, 3.05) is 0 Å². The highest BCUT2D eigenvalue weighted by Crippen LogP contribution is 2.45. The third kappa shape index (κ3) is 7.51. The molecular weight excluding hydrogens is 569 g/mol. The predicted molar refractivity (Wildman–Crippen MR) is 162 cm³/mol. The Hall–Kier alpha value is -3.24. The molecule has 2 nitrogen and oxygen atoms in total. The topological polar surface area (TPSA) is 33.0 Å². The number of rotatable bonds is 10. The molecule has 0 saturated heterocycles. The van der Waals surface area contributed by atoms with Crippen LogP contribution in [-0.2, 0) is 17.3 Å². The molecular formula is C37H40F5NO. The van der Waals surface area contributed by atoms with Crippen LogP contribution in [0.2, 0.25) is 0 Å². The molecule has 3 aromatic rings. The molecule has 0 atom stereocenters. The summed E-state index contributed by atoms with van der Waals surface area (Å²) in [5.74, 6) is -0.819. The van der Waals surface area contributed by atoms with Crippen LogP contribution in [0.15, 0.2) is 54.6 Å². The lowest BCUT2D eigenvalue weighted by molar-refractivity contribution is -0.279. The van der Waals surface area contributed by atoms with Crippen molar-refractivity contribution in [2.45, 2.75) is 102 Å². The smallest absolute Gasteiger partial charge is 0.313 e. The fourth-order valence-corrected chi connectivity index (χ4v) is 7.20. The Morgan fingerprint density at radius 2 is 1.48 bits per heavy atom. The van der Waals surface area contributed by atoms with Crippen molar-refractivity contribution in [1.29, 1.82) is 5.26 Å². The highest BCUT2D eigenvalue weighted by atomic mass is 19.3. The van der Waals surface area contributed by atoms with E-state index >= 15 is 4.39 Å². The molecule has 0 unspecified atom stereocenters. The van der Waals surface area contributed by atoms with Crippen molar-refractivity contribution in [2.24, 2.45) is 11.8 Å². The molecule has 0 heterocycles. The number of nitriles is 1. The van der Waals surface area contributed by atoms with Gasteiger partial charge in [0.15, 0.2) is 0 Å². The van der Waals surface area contributed by atoms with E-state index in [1.807, 2.05) is 6.07 Å². The molecule has 7 heteroatoms. The molecule has 0 spiro atoms. The quantitative estimate of drug-likeness (QED) is 0.169. The molecule has 0 bridgehead atoms. The molecule has 234 valence electrons. The maximum atomic E-state index is 15.1. The molecule has 0 aromatic heterocycles. The van der Waals surface area contributed by atoms with Crippen molar-refractivity contribution in [1.82, 2.24) is 0 Å². The van der Waals surface area contributed by atoms with E-state index < -0.39 is 35.2 Å². The number of nitrogens with zero attached hydrogens (tertiary/aromatic N) is 1. The molecule has 0 aliphatic heterocycles. The van der Waals surface area contributed by atoms with Crippen LogP contribution in [0.5, 0.6) is 0 Å². The van der Waals surface area contributed by atoms with Crippen molar-refractivity contribution < 1.29 is 26.7 Å². The van der Waals surface area contributed by atoms with E-state index in [0.29, 0.717) is 42.2 Å². The molecule has 2 saturated carbocycles. The molecule has 0 radical (unpaired) electrons. The Morgan fingerprint density at radius 1 is 0.773 bits per heavy atom. The first kappa shape index (κ1) is 32.2. The summed E-state index contributed by atoms with van der Waals surface area (Å²) < 4.78 is 78.9. The monoisotopic (exact) mass is 609 g/mol. The lowest BCUT2D eigenvalue weighted by Gasteiger charge is -2.38. The standard InChI is InChI=1S/C37H40F5NO/c1-2-3-4-5-24-6-19-33(36(40)20-24)37(41,42)44-31-16-13-26(14-17-31)25-7-9-27(10-8-25)28-15-18-32(35(39)21-28)29-11-12-30(23-43)34(38)22-29/h6,11-12,15,18-22,25-27,31H,2-5,7-10,13-14,16-17H2,1H3. The second-order valence-corrected chi connectivity index (χ2v) is 12.6. The number of unbranched alkanes of at least 4 members (excludes halogenated alkanes) is 2. The van der Waals surface area contributed by atoms with Gasteiger partial charge in [-0.3, -0.25) is 0 Å². The predicted octanol–water partition coefficient (Wildman–Crippen LogP) is 11.0. The van der Waals surface area contributed by atoms with E-state index in [2.05, 4.69) is 6.92 Å². The molecule has 2 aliphatic rings. The first-order valence-electron chi connectivity index (χ1n) is 16.0. The van der Waals surface area contributed by atoms with Crippen LogP contribution < -0.4 is 0 Å². The van der Waals surface area contributed by atoms with Crippen LogP contribution >= 0.6 is 0 Å². The van der Waals surface area contributed by atoms with Gasteiger partial charge in [-0.2, -0.15) is 14.0 Å². The van der Waals surface area contributed by atoms with Crippen LogP contribution in [0, 0.1) is 40.6 Å². The Bertz CT molecular complexity index is 1470. The lowest BCUT2D eigenvalue weighted by atomic mass is 9.69. The van der Waals surface area contributed by atoms with Crippen LogP contribution in [0.25, 0.3) is 11.1 Å². The fourth-order valence-electron chi connectivity index (χ4n) is 7.20. The molecule has 2 aliphatic carbocycles. The maximum absolute atomic E-state index is 15.1. The minimum absolute atomic E-state index is 0.0736. The molecule has 0 amide bonds. The highest BCUT2D eigenvalue weighted by molar-refractivity contribution is 5.65. The maximum Gasteiger partial charge on any atom is 0.386 e. The van der Waals surface area contributed by atoms with Gasteiger partial charge in [0.25, 0.3) is 0 Å². The number of aryl methyl sites for hydroxylation is 1. The zero-order valence-corrected chi connectivity index (χ0v) is 25.2. The van der Waals surface area contributed by atoms with E-state index in [0.717, 1.165) is 68.9 Å². The van der Waals surface area contributed by atoms with Gasteiger partial charge in [0.2, 0.25) is 0 Å².